The molecule has 3 aromatic carbocycles. The van der Waals surface area contributed by atoms with Gasteiger partial charge in [-0.15, -0.1) is 0 Å². The number of carbonyl (C=O) groups is 1. The molecule has 0 amide bonds. The van der Waals surface area contributed by atoms with Gasteiger partial charge in [0.1, 0.15) is 0 Å². The molecule has 0 radical (unpaired) electrons. The van der Waals surface area contributed by atoms with Gasteiger partial charge in [0.05, 0.1) is 11.3 Å². The van der Waals surface area contributed by atoms with Gasteiger partial charge in [0, 0.05) is 22.5 Å². The second-order valence-corrected chi connectivity index (χ2v) is 9.90. The van der Waals surface area contributed by atoms with E-state index in [9.17, 15) is 13.2 Å². The first kappa shape index (κ1) is 22.1. The maximum atomic E-state index is 13.3. The molecule has 0 bridgehead atoms. The first-order chi connectivity index (χ1) is 15.3. The lowest BCUT2D eigenvalue weighted by Gasteiger charge is -2.10. The molecule has 0 saturated carbocycles. The minimum atomic E-state index is -3.72. The minimum Gasteiger partial charge on any atom is -0.481 e. The van der Waals surface area contributed by atoms with Crippen molar-refractivity contribution in [2.75, 3.05) is 5.75 Å². The number of halogens is 1. The Morgan fingerprint density at radius 1 is 1.00 bits per heavy atom. The molecule has 32 heavy (non-hydrogen) atoms. The van der Waals surface area contributed by atoms with Gasteiger partial charge in [-0.3, -0.25) is 4.79 Å². The molecule has 1 N–H and O–H groups in total. The van der Waals surface area contributed by atoms with E-state index in [0.717, 1.165) is 16.3 Å². The van der Waals surface area contributed by atoms with Crippen molar-refractivity contribution in [1.82, 2.24) is 3.97 Å². The fourth-order valence-electron chi connectivity index (χ4n) is 3.91. The summed E-state index contributed by atoms with van der Waals surface area (Å²) in [5.74, 6) is -1.09. The van der Waals surface area contributed by atoms with Crippen molar-refractivity contribution < 1.29 is 18.3 Å². The fraction of sp³-hybridized carbons (Fsp3) is 0.160. The number of hydrogen-bond donors (Lipinski definition) is 1. The van der Waals surface area contributed by atoms with Gasteiger partial charge >= 0.3 is 5.97 Å². The highest BCUT2D eigenvalue weighted by atomic mass is 35.5. The summed E-state index contributed by atoms with van der Waals surface area (Å²) in [6, 6.07) is 20.7. The summed E-state index contributed by atoms with van der Waals surface area (Å²) in [7, 11) is -3.72. The van der Waals surface area contributed by atoms with Crippen molar-refractivity contribution in [3.05, 3.63) is 89.1 Å². The van der Waals surface area contributed by atoms with E-state index in [4.69, 9.17) is 16.7 Å². The molecule has 0 atom stereocenters. The molecule has 1 aromatic heterocycles. The van der Waals surface area contributed by atoms with Crippen molar-refractivity contribution in [2.45, 2.75) is 19.3 Å². The van der Waals surface area contributed by atoms with Crippen LogP contribution in [-0.2, 0) is 21.2 Å². The summed E-state index contributed by atoms with van der Waals surface area (Å²) in [5.41, 5.74) is 2.05. The number of carboxylic acid groups (broad SMARTS) is 1. The molecule has 5 nitrogen and oxygen atoms in total. The predicted molar refractivity (Wildman–Crippen MR) is 130 cm³/mol. The summed E-state index contributed by atoms with van der Waals surface area (Å²) < 4.78 is 28.0. The van der Waals surface area contributed by atoms with Crippen LogP contribution in [0.5, 0.6) is 0 Å². The maximum Gasteiger partial charge on any atom is 0.303 e. The Balaban J connectivity index is 1.67. The molecule has 0 fully saturated rings. The molecule has 0 unspecified atom stereocenters. The number of hydrogen-bond acceptors (Lipinski definition) is 3. The summed E-state index contributed by atoms with van der Waals surface area (Å²) in [4.78, 5) is 10.9. The van der Waals surface area contributed by atoms with E-state index in [1.165, 1.54) is 3.97 Å². The topological polar surface area (TPSA) is 76.4 Å². The average molecular weight is 468 g/mol. The Bertz CT molecular complexity index is 1430. The van der Waals surface area contributed by atoms with Gasteiger partial charge in [-0.1, -0.05) is 66.2 Å². The van der Waals surface area contributed by atoms with Crippen LogP contribution in [0.1, 0.15) is 24.1 Å². The molecule has 0 aliphatic rings. The SMILES string of the molecule is O=C(O)CCCc1cc2cc(Cl)ccc2n1S(=O)(=O)CC=Cc1cccc2ccccc12. The molecule has 0 aliphatic carbocycles. The number of aryl methyl sites for hydroxylation is 1. The molecule has 164 valence electrons. The molecular weight excluding hydrogens is 446 g/mol. The predicted octanol–water partition coefficient (Wildman–Crippen LogP) is 5.75. The Morgan fingerprint density at radius 3 is 2.59 bits per heavy atom. The van der Waals surface area contributed by atoms with Crippen LogP contribution >= 0.6 is 11.6 Å². The summed E-state index contributed by atoms with van der Waals surface area (Å²) in [6.45, 7) is 0. The molecule has 0 spiro atoms. The summed E-state index contributed by atoms with van der Waals surface area (Å²) in [5, 5.41) is 12.3. The van der Waals surface area contributed by atoms with Gasteiger partial charge in [-0.05, 0) is 53.4 Å². The Kier molecular flexibility index (Phi) is 6.35. The molecule has 4 rings (SSSR count). The van der Waals surface area contributed by atoms with Gasteiger partial charge in [0.25, 0.3) is 0 Å². The molecule has 4 aromatic rings. The third kappa shape index (κ3) is 4.71. The highest BCUT2D eigenvalue weighted by Crippen LogP contribution is 2.27. The minimum absolute atomic E-state index is 0.0245. The smallest absolute Gasteiger partial charge is 0.303 e. The van der Waals surface area contributed by atoms with E-state index in [1.54, 1.807) is 30.3 Å². The van der Waals surface area contributed by atoms with E-state index in [0.29, 0.717) is 34.5 Å². The van der Waals surface area contributed by atoms with Crippen LogP contribution in [-0.4, -0.2) is 29.2 Å². The number of benzene rings is 3. The van der Waals surface area contributed by atoms with Crippen molar-refractivity contribution in [1.29, 1.82) is 0 Å². The van der Waals surface area contributed by atoms with Crippen LogP contribution in [0.15, 0.2) is 72.8 Å². The monoisotopic (exact) mass is 467 g/mol. The van der Waals surface area contributed by atoms with Gasteiger partial charge < -0.3 is 5.11 Å². The Hall–Kier alpha value is -3.09. The van der Waals surface area contributed by atoms with Gasteiger partial charge in [-0.2, -0.15) is 0 Å². The van der Waals surface area contributed by atoms with Crippen LogP contribution in [0.3, 0.4) is 0 Å². The van der Waals surface area contributed by atoms with Crippen molar-refractivity contribution in [2.24, 2.45) is 0 Å². The second kappa shape index (κ2) is 9.18. The van der Waals surface area contributed by atoms with Crippen molar-refractivity contribution >= 4 is 55.3 Å². The van der Waals surface area contributed by atoms with Gasteiger partial charge in [0.15, 0.2) is 0 Å². The first-order valence-corrected chi connectivity index (χ1v) is 12.2. The van der Waals surface area contributed by atoms with Crippen molar-refractivity contribution in [3.8, 4) is 0 Å². The highest BCUT2D eigenvalue weighted by Gasteiger charge is 2.20. The quantitative estimate of drug-likeness (QED) is 0.358. The lowest BCUT2D eigenvalue weighted by Crippen LogP contribution is -2.18. The third-order valence-electron chi connectivity index (χ3n) is 5.32. The molecule has 0 aliphatic heterocycles. The largest absolute Gasteiger partial charge is 0.481 e. The molecule has 0 saturated heterocycles. The molecular formula is C25H22ClNO4S. The first-order valence-electron chi connectivity index (χ1n) is 10.2. The number of fused-ring (bicyclic) bond motifs is 2. The van der Waals surface area contributed by atoms with E-state index >= 15 is 0 Å². The summed E-state index contributed by atoms with van der Waals surface area (Å²) in [6.07, 6.45) is 4.14. The highest BCUT2D eigenvalue weighted by molar-refractivity contribution is 7.90. The standard InChI is InChI=1S/C25H22ClNO4S/c26-21-13-14-24-20(16-21)17-22(10-4-12-25(28)29)27(24)32(30,31)15-5-9-19-8-3-7-18-6-1-2-11-23(18)19/h1-3,5-9,11,13-14,16-17H,4,10,12,15H2,(H,28,29). The number of carboxylic acids is 1. The molecule has 7 heteroatoms. The van der Waals surface area contributed by atoms with Gasteiger partial charge in [0.2, 0.25) is 10.0 Å². The lowest BCUT2D eigenvalue weighted by atomic mass is 10.0. The number of aliphatic carboxylic acids is 1. The Morgan fingerprint density at radius 2 is 1.78 bits per heavy atom. The van der Waals surface area contributed by atoms with Crippen LogP contribution in [0.2, 0.25) is 5.02 Å². The van der Waals surface area contributed by atoms with E-state index in [1.807, 2.05) is 48.5 Å². The van der Waals surface area contributed by atoms with E-state index in [-0.39, 0.29) is 12.2 Å². The van der Waals surface area contributed by atoms with E-state index < -0.39 is 16.0 Å². The van der Waals surface area contributed by atoms with Crippen molar-refractivity contribution in [3.63, 3.8) is 0 Å². The third-order valence-corrected chi connectivity index (χ3v) is 7.16. The normalized spacial score (nSPS) is 12.2. The number of aromatic nitrogens is 1. The maximum absolute atomic E-state index is 13.3. The van der Waals surface area contributed by atoms with Crippen LogP contribution in [0.25, 0.3) is 27.8 Å². The average Bonchev–Trinajstić information content (AvgIpc) is 3.11. The van der Waals surface area contributed by atoms with E-state index in [2.05, 4.69) is 0 Å². The zero-order valence-corrected chi connectivity index (χ0v) is 18.8. The zero-order chi connectivity index (χ0) is 22.7. The van der Waals surface area contributed by atoms with Crippen LogP contribution in [0, 0.1) is 0 Å². The zero-order valence-electron chi connectivity index (χ0n) is 17.2. The number of nitrogens with zero attached hydrogens (tertiary/aromatic N) is 1. The van der Waals surface area contributed by atoms with Crippen LogP contribution in [0.4, 0.5) is 0 Å². The summed E-state index contributed by atoms with van der Waals surface area (Å²) >= 11 is 6.09. The number of rotatable bonds is 8. The second-order valence-electron chi connectivity index (χ2n) is 7.60. The Labute approximate surface area is 191 Å². The van der Waals surface area contributed by atoms with Gasteiger partial charge in [-0.25, -0.2) is 12.4 Å². The lowest BCUT2D eigenvalue weighted by molar-refractivity contribution is -0.137. The van der Waals surface area contributed by atoms with Crippen LogP contribution < -0.4 is 0 Å². The molecule has 1 heterocycles. The fourth-order valence-corrected chi connectivity index (χ4v) is 5.55.